The Bertz CT molecular complexity index is 843. The minimum absolute atomic E-state index is 0.00231. The number of halogens is 1. The maximum absolute atomic E-state index is 13.0. The molecule has 3 rings (SSSR count). The summed E-state index contributed by atoms with van der Waals surface area (Å²) in [6.45, 7) is 1.11. The summed E-state index contributed by atoms with van der Waals surface area (Å²) >= 11 is 1.21. The fourth-order valence-electron chi connectivity index (χ4n) is 3.13. The van der Waals surface area contributed by atoms with Crippen LogP contribution in [0.4, 0.5) is 4.39 Å². The summed E-state index contributed by atoms with van der Waals surface area (Å²) < 4.78 is 39.9. The Morgan fingerprint density at radius 3 is 2.46 bits per heavy atom. The highest BCUT2D eigenvalue weighted by Gasteiger charge is 2.33. The van der Waals surface area contributed by atoms with Crippen molar-refractivity contribution < 1.29 is 17.6 Å². The van der Waals surface area contributed by atoms with Crippen molar-refractivity contribution in [3.63, 3.8) is 0 Å². The first kappa shape index (κ1) is 19.0. The molecule has 8 heteroatoms. The Balaban J connectivity index is 1.57. The van der Waals surface area contributed by atoms with Crippen molar-refractivity contribution in [2.24, 2.45) is 5.92 Å². The van der Waals surface area contributed by atoms with Gasteiger partial charge in [0.15, 0.2) is 0 Å². The van der Waals surface area contributed by atoms with E-state index in [0.717, 1.165) is 5.56 Å². The minimum Gasteiger partial charge on any atom is -0.341 e. The second-order valence-corrected chi connectivity index (χ2v) is 9.54. The lowest BCUT2D eigenvalue weighted by Crippen LogP contribution is -2.43. The fraction of sp³-hybridized carbons (Fsp3) is 0.389. The van der Waals surface area contributed by atoms with E-state index in [1.807, 2.05) is 0 Å². The van der Waals surface area contributed by atoms with Gasteiger partial charge in [0.1, 0.15) is 10.0 Å². The van der Waals surface area contributed by atoms with Crippen molar-refractivity contribution in [2.75, 3.05) is 20.1 Å². The van der Waals surface area contributed by atoms with E-state index in [0.29, 0.717) is 36.7 Å². The molecule has 140 valence electrons. The Morgan fingerprint density at radius 2 is 1.88 bits per heavy atom. The molecule has 0 spiro atoms. The zero-order valence-corrected chi connectivity index (χ0v) is 16.1. The van der Waals surface area contributed by atoms with Crippen LogP contribution < -0.4 is 0 Å². The predicted molar refractivity (Wildman–Crippen MR) is 98.7 cm³/mol. The van der Waals surface area contributed by atoms with Crippen LogP contribution in [0, 0.1) is 11.7 Å². The molecule has 0 N–H and O–H groups in total. The number of rotatable bonds is 5. The SMILES string of the molecule is CN(Cc1ccc(F)cc1)C(=O)C1CCN(S(=O)(=O)c2cccs2)CC1. The molecule has 1 saturated heterocycles. The Kier molecular flexibility index (Phi) is 5.74. The summed E-state index contributed by atoms with van der Waals surface area (Å²) in [5.74, 6) is -0.486. The third kappa shape index (κ3) is 4.13. The summed E-state index contributed by atoms with van der Waals surface area (Å²) in [6.07, 6.45) is 1.02. The number of thiophene rings is 1. The second kappa shape index (κ2) is 7.85. The van der Waals surface area contributed by atoms with Crippen molar-refractivity contribution >= 4 is 27.3 Å². The molecular formula is C18H21FN2O3S2. The second-order valence-electron chi connectivity index (χ2n) is 6.43. The number of hydrogen-bond donors (Lipinski definition) is 0. The maximum atomic E-state index is 13.0. The standard InChI is InChI=1S/C18H21FN2O3S2/c1-20(13-14-4-6-16(19)7-5-14)18(22)15-8-10-21(11-9-15)26(23,24)17-3-2-12-25-17/h2-7,12,15H,8-11,13H2,1H3. The van der Waals surface area contributed by atoms with E-state index < -0.39 is 10.0 Å². The molecule has 1 aromatic carbocycles. The van der Waals surface area contributed by atoms with Gasteiger partial charge >= 0.3 is 0 Å². The van der Waals surface area contributed by atoms with Crippen molar-refractivity contribution in [2.45, 2.75) is 23.6 Å². The van der Waals surface area contributed by atoms with Crippen LogP contribution in [0.3, 0.4) is 0 Å². The van der Waals surface area contributed by atoms with E-state index in [1.54, 1.807) is 41.6 Å². The number of nitrogens with zero attached hydrogens (tertiary/aromatic N) is 2. The zero-order chi connectivity index (χ0) is 18.7. The first-order valence-corrected chi connectivity index (χ1v) is 10.7. The number of hydrogen-bond acceptors (Lipinski definition) is 4. The van der Waals surface area contributed by atoms with Crippen LogP contribution in [-0.2, 0) is 21.4 Å². The molecule has 2 aromatic rings. The van der Waals surface area contributed by atoms with Gasteiger partial charge in [0.2, 0.25) is 5.91 Å². The molecule has 0 radical (unpaired) electrons. The maximum Gasteiger partial charge on any atom is 0.252 e. The lowest BCUT2D eigenvalue weighted by Gasteiger charge is -2.32. The van der Waals surface area contributed by atoms with E-state index >= 15 is 0 Å². The van der Waals surface area contributed by atoms with Gasteiger partial charge in [-0.2, -0.15) is 4.31 Å². The quantitative estimate of drug-likeness (QED) is 0.781. The van der Waals surface area contributed by atoms with Gasteiger partial charge in [-0.1, -0.05) is 18.2 Å². The van der Waals surface area contributed by atoms with Gasteiger partial charge in [-0.3, -0.25) is 4.79 Å². The number of piperidine rings is 1. The Labute approximate surface area is 157 Å². The molecule has 1 aliphatic rings. The molecule has 0 unspecified atom stereocenters. The highest BCUT2D eigenvalue weighted by atomic mass is 32.2. The normalized spacial score (nSPS) is 16.5. The third-order valence-electron chi connectivity index (χ3n) is 4.60. The summed E-state index contributed by atoms with van der Waals surface area (Å²) in [5, 5.41) is 1.74. The summed E-state index contributed by atoms with van der Waals surface area (Å²) in [4.78, 5) is 14.3. The first-order chi connectivity index (χ1) is 12.4. The topological polar surface area (TPSA) is 57.7 Å². The summed E-state index contributed by atoms with van der Waals surface area (Å²) in [6, 6.07) is 9.40. The molecule has 1 aliphatic heterocycles. The molecule has 5 nitrogen and oxygen atoms in total. The van der Waals surface area contributed by atoms with E-state index in [-0.39, 0.29) is 17.6 Å². The number of benzene rings is 1. The molecule has 1 amide bonds. The monoisotopic (exact) mass is 396 g/mol. The van der Waals surface area contributed by atoms with E-state index in [1.165, 1.54) is 27.8 Å². The molecule has 0 aliphatic carbocycles. The molecule has 2 heterocycles. The van der Waals surface area contributed by atoms with Gasteiger partial charge in [-0.05, 0) is 42.0 Å². The number of sulfonamides is 1. The van der Waals surface area contributed by atoms with Gasteiger partial charge in [0, 0.05) is 32.6 Å². The zero-order valence-electron chi connectivity index (χ0n) is 14.5. The average Bonchev–Trinajstić information content (AvgIpc) is 3.18. The van der Waals surface area contributed by atoms with Crippen molar-refractivity contribution in [3.05, 3.63) is 53.2 Å². The Morgan fingerprint density at radius 1 is 1.23 bits per heavy atom. The number of carbonyl (C=O) groups excluding carboxylic acids is 1. The highest BCUT2D eigenvalue weighted by molar-refractivity contribution is 7.91. The predicted octanol–water partition coefficient (Wildman–Crippen LogP) is 2.95. The van der Waals surface area contributed by atoms with Gasteiger partial charge in [-0.25, -0.2) is 12.8 Å². The summed E-state index contributed by atoms with van der Waals surface area (Å²) in [7, 11) is -1.73. The van der Waals surface area contributed by atoms with E-state index in [9.17, 15) is 17.6 Å². The van der Waals surface area contributed by atoms with Gasteiger partial charge in [-0.15, -0.1) is 11.3 Å². The van der Waals surface area contributed by atoms with Crippen LogP contribution in [0.15, 0.2) is 46.0 Å². The average molecular weight is 397 g/mol. The number of amides is 1. The van der Waals surface area contributed by atoms with E-state index in [4.69, 9.17) is 0 Å². The molecule has 0 bridgehead atoms. The summed E-state index contributed by atoms with van der Waals surface area (Å²) in [5.41, 5.74) is 0.861. The third-order valence-corrected chi connectivity index (χ3v) is 7.87. The van der Waals surface area contributed by atoms with E-state index in [2.05, 4.69) is 0 Å². The molecule has 26 heavy (non-hydrogen) atoms. The van der Waals surface area contributed by atoms with Crippen LogP contribution in [-0.4, -0.2) is 43.7 Å². The highest BCUT2D eigenvalue weighted by Crippen LogP contribution is 2.27. The molecule has 1 fully saturated rings. The lowest BCUT2D eigenvalue weighted by atomic mass is 9.96. The van der Waals surface area contributed by atoms with Crippen LogP contribution in [0.5, 0.6) is 0 Å². The smallest absolute Gasteiger partial charge is 0.252 e. The van der Waals surface area contributed by atoms with Crippen LogP contribution in [0.25, 0.3) is 0 Å². The Hall–Kier alpha value is -1.77. The number of carbonyl (C=O) groups is 1. The van der Waals surface area contributed by atoms with Crippen molar-refractivity contribution in [1.82, 2.24) is 9.21 Å². The molecular weight excluding hydrogens is 375 g/mol. The van der Waals surface area contributed by atoms with Gasteiger partial charge in [0.05, 0.1) is 0 Å². The lowest BCUT2D eigenvalue weighted by molar-refractivity contribution is -0.135. The largest absolute Gasteiger partial charge is 0.341 e. The van der Waals surface area contributed by atoms with Crippen LogP contribution in [0.1, 0.15) is 18.4 Å². The van der Waals surface area contributed by atoms with Gasteiger partial charge in [0.25, 0.3) is 10.0 Å². The minimum atomic E-state index is -3.45. The molecule has 0 atom stereocenters. The van der Waals surface area contributed by atoms with Crippen LogP contribution >= 0.6 is 11.3 Å². The van der Waals surface area contributed by atoms with Crippen molar-refractivity contribution in [3.8, 4) is 0 Å². The fourth-order valence-corrected chi connectivity index (χ4v) is 5.75. The van der Waals surface area contributed by atoms with Crippen LogP contribution in [0.2, 0.25) is 0 Å². The molecule has 0 saturated carbocycles. The van der Waals surface area contributed by atoms with Crippen molar-refractivity contribution in [1.29, 1.82) is 0 Å². The molecule has 1 aromatic heterocycles. The van der Waals surface area contributed by atoms with Gasteiger partial charge < -0.3 is 4.90 Å². The first-order valence-electron chi connectivity index (χ1n) is 8.41.